The zero-order chi connectivity index (χ0) is 21.8. The zero-order valence-electron chi connectivity index (χ0n) is 17.9. The van der Waals surface area contributed by atoms with Gasteiger partial charge in [0, 0.05) is 17.1 Å². The van der Waals surface area contributed by atoms with Crippen LogP contribution in [0.2, 0.25) is 0 Å². The van der Waals surface area contributed by atoms with Gasteiger partial charge in [-0.3, -0.25) is 4.79 Å². The standard InChI is InChI=1S/C24H29BrN2O3S/c1-2-30-19-13-15(12-18(25)22(19)28)14-26-24-21(17-10-6-7-11-20(17)31-24)23(29)27-16-8-4-3-5-9-16/h12-14,16,28H,2-11H2,1H3,(H,27,29)/b26-14+. The third-order valence-electron chi connectivity index (χ3n) is 6.00. The van der Waals surface area contributed by atoms with Crippen molar-refractivity contribution in [2.24, 2.45) is 4.99 Å². The van der Waals surface area contributed by atoms with Crippen LogP contribution in [0.25, 0.3) is 0 Å². The lowest BCUT2D eigenvalue weighted by atomic mass is 9.93. The molecular weight excluding hydrogens is 476 g/mol. The van der Waals surface area contributed by atoms with Crippen molar-refractivity contribution >= 4 is 44.4 Å². The van der Waals surface area contributed by atoms with Crippen LogP contribution in [-0.2, 0) is 12.8 Å². The number of amides is 1. The maximum absolute atomic E-state index is 13.3. The summed E-state index contributed by atoms with van der Waals surface area (Å²) >= 11 is 5.02. The summed E-state index contributed by atoms with van der Waals surface area (Å²) in [7, 11) is 0. The largest absolute Gasteiger partial charge is 0.503 e. The van der Waals surface area contributed by atoms with Crippen molar-refractivity contribution in [1.82, 2.24) is 5.32 Å². The maximum atomic E-state index is 13.3. The molecule has 4 rings (SSSR count). The SMILES string of the molecule is CCOc1cc(/C=N/c2sc3c(c2C(=O)NC2CCCCC2)CCCC3)cc(Br)c1O. The van der Waals surface area contributed by atoms with Gasteiger partial charge in [0.1, 0.15) is 5.00 Å². The fourth-order valence-electron chi connectivity index (χ4n) is 4.45. The molecule has 7 heteroatoms. The van der Waals surface area contributed by atoms with Gasteiger partial charge in [-0.2, -0.15) is 0 Å². The number of carbonyl (C=O) groups is 1. The molecule has 0 aliphatic heterocycles. The zero-order valence-corrected chi connectivity index (χ0v) is 20.3. The highest BCUT2D eigenvalue weighted by molar-refractivity contribution is 9.10. The van der Waals surface area contributed by atoms with Crippen molar-refractivity contribution in [2.75, 3.05) is 6.61 Å². The van der Waals surface area contributed by atoms with E-state index in [0.29, 0.717) is 16.8 Å². The van der Waals surface area contributed by atoms with E-state index in [-0.39, 0.29) is 17.7 Å². The molecule has 0 atom stereocenters. The van der Waals surface area contributed by atoms with Gasteiger partial charge in [-0.05, 0) is 84.6 Å². The number of phenols is 1. The maximum Gasteiger partial charge on any atom is 0.254 e. The Bertz CT molecular complexity index is 980. The molecule has 0 radical (unpaired) electrons. The number of hydrogen-bond acceptors (Lipinski definition) is 5. The molecule has 5 nitrogen and oxygen atoms in total. The van der Waals surface area contributed by atoms with Gasteiger partial charge in [-0.1, -0.05) is 19.3 Å². The van der Waals surface area contributed by atoms with E-state index in [2.05, 4.69) is 21.2 Å². The molecular formula is C24H29BrN2O3S. The number of fused-ring (bicyclic) bond motifs is 1. The van der Waals surface area contributed by atoms with E-state index in [1.54, 1.807) is 29.7 Å². The Labute approximate surface area is 196 Å². The van der Waals surface area contributed by atoms with Crippen molar-refractivity contribution in [3.63, 3.8) is 0 Å². The van der Waals surface area contributed by atoms with E-state index < -0.39 is 0 Å². The first-order chi connectivity index (χ1) is 15.1. The molecule has 1 fully saturated rings. The molecule has 1 aromatic heterocycles. The highest BCUT2D eigenvalue weighted by Crippen LogP contribution is 2.40. The molecule has 2 aromatic rings. The minimum Gasteiger partial charge on any atom is -0.503 e. The quantitative estimate of drug-likeness (QED) is 0.452. The first kappa shape index (κ1) is 22.3. The Kier molecular flexibility index (Phi) is 7.33. The van der Waals surface area contributed by atoms with Crippen molar-refractivity contribution in [3.8, 4) is 11.5 Å². The molecule has 166 valence electrons. The number of aromatic hydroxyl groups is 1. The molecule has 1 saturated carbocycles. The summed E-state index contributed by atoms with van der Waals surface area (Å²) < 4.78 is 6.08. The van der Waals surface area contributed by atoms with Gasteiger partial charge in [0.15, 0.2) is 11.5 Å². The smallest absolute Gasteiger partial charge is 0.254 e. The number of halogens is 1. The van der Waals surface area contributed by atoms with Crippen LogP contribution in [0.15, 0.2) is 21.6 Å². The van der Waals surface area contributed by atoms with E-state index in [9.17, 15) is 9.90 Å². The summed E-state index contributed by atoms with van der Waals surface area (Å²) in [4.78, 5) is 19.3. The first-order valence-electron chi connectivity index (χ1n) is 11.2. The van der Waals surface area contributed by atoms with Gasteiger partial charge in [0.05, 0.1) is 16.6 Å². The lowest BCUT2D eigenvalue weighted by molar-refractivity contribution is 0.0927. The van der Waals surface area contributed by atoms with Crippen LogP contribution in [0.5, 0.6) is 11.5 Å². The number of phenolic OH excluding ortho intramolecular Hbond substituents is 1. The molecule has 1 heterocycles. The van der Waals surface area contributed by atoms with Crippen LogP contribution < -0.4 is 10.1 Å². The molecule has 2 aliphatic carbocycles. The Morgan fingerprint density at radius 2 is 2.03 bits per heavy atom. The Morgan fingerprint density at radius 3 is 2.81 bits per heavy atom. The fraction of sp³-hybridized carbons (Fsp3) is 0.500. The van der Waals surface area contributed by atoms with Crippen LogP contribution in [-0.4, -0.2) is 29.9 Å². The second-order valence-corrected chi connectivity index (χ2v) is 10.2. The van der Waals surface area contributed by atoms with E-state index in [4.69, 9.17) is 9.73 Å². The number of ether oxygens (including phenoxy) is 1. The van der Waals surface area contributed by atoms with Gasteiger partial charge >= 0.3 is 0 Å². The Balaban J connectivity index is 1.63. The van der Waals surface area contributed by atoms with Crippen molar-refractivity contribution in [3.05, 3.63) is 38.2 Å². The highest BCUT2D eigenvalue weighted by atomic mass is 79.9. The van der Waals surface area contributed by atoms with Gasteiger partial charge in [-0.15, -0.1) is 11.3 Å². The van der Waals surface area contributed by atoms with Gasteiger partial charge < -0.3 is 15.2 Å². The van der Waals surface area contributed by atoms with Gasteiger partial charge in [0.2, 0.25) is 0 Å². The summed E-state index contributed by atoms with van der Waals surface area (Å²) in [6.07, 6.45) is 11.8. The predicted molar refractivity (Wildman–Crippen MR) is 130 cm³/mol. The summed E-state index contributed by atoms with van der Waals surface area (Å²) in [5, 5.41) is 14.2. The third kappa shape index (κ3) is 5.14. The lowest BCUT2D eigenvalue weighted by Gasteiger charge is -2.23. The minimum absolute atomic E-state index is 0.0281. The predicted octanol–water partition coefficient (Wildman–Crippen LogP) is 6.31. The topological polar surface area (TPSA) is 70.9 Å². The minimum atomic E-state index is 0.0281. The van der Waals surface area contributed by atoms with Gasteiger partial charge in [-0.25, -0.2) is 4.99 Å². The normalized spacial score (nSPS) is 17.0. The van der Waals surface area contributed by atoms with Crippen molar-refractivity contribution < 1.29 is 14.6 Å². The number of thiophene rings is 1. The molecule has 0 bridgehead atoms. The second kappa shape index (κ2) is 10.2. The number of rotatable bonds is 6. The van der Waals surface area contributed by atoms with E-state index in [1.807, 2.05) is 6.92 Å². The Hall–Kier alpha value is -1.86. The molecule has 2 N–H and O–H groups in total. The third-order valence-corrected chi connectivity index (χ3v) is 7.81. The second-order valence-electron chi connectivity index (χ2n) is 8.24. The van der Waals surface area contributed by atoms with Crippen LogP contribution in [0.4, 0.5) is 5.00 Å². The van der Waals surface area contributed by atoms with Crippen LogP contribution in [0.3, 0.4) is 0 Å². The number of benzene rings is 1. The molecule has 31 heavy (non-hydrogen) atoms. The number of hydrogen-bond donors (Lipinski definition) is 2. The average molecular weight is 505 g/mol. The van der Waals surface area contributed by atoms with Crippen LogP contribution >= 0.6 is 27.3 Å². The summed E-state index contributed by atoms with van der Waals surface area (Å²) in [6.45, 7) is 2.34. The Morgan fingerprint density at radius 1 is 1.26 bits per heavy atom. The number of aryl methyl sites for hydroxylation is 1. The number of nitrogens with one attached hydrogen (secondary N) is 1. The first-order valence-corrected chi connectivity index (χ1v) is 12.8. The highest BCUT2D eigenvalue weighted by Gasteiger charge is 2.27. The summed E-state index contributed by atoms with van der Waals surface area (Å²) in [6, 6.07) is 3.85. The number of nitrogens with zero attached hydrogens (tertiary/aromatic N) is 1. The molecule has 0 unspecified atom stereocenters. The lowest BCUT2D eigenvalue weighted by Crippen LogP contribution is -2.36. The van der Waals surface area contributed by atoms with Crippen LogP contribution in [0.1, 0.15) is 78.2 Å². The summed E-state index contributed by atoms with van der Waals surface area (Å²) in [5.74, 6) is 0.526. The van der Waals surface area contributed by atoms with E-state index in [1.165, 1.54) is 36.1 Å². The molecule has 2 aliphatic rings. The van der Waals surface area contributed by atoms with Crippen molar-refractivity contribution in [1.29, 1.82) is 0 Å². The van der Waals surface area contributed by atoms with E-state index >= 15 is 0 Å². The molecule has 1 amide bonds. The van der Waals surface area contributed by atoms with Crippen molar-refractivity contribution in [2.45, 2.75) is 70.8 Å². The molecule has 1 aromatic carbocycles. The van der Waals surface area contributed by atoms with E-state index in [0.717, 1.165) is 48.2 Å². The number of aliphatic imine (C=N–C) groups is 1. The van der Waals surface area contributed by atoms with Gasteiger partial charge in [0.25, 0.3) is 5.91 Å². The number of carbonyl (C=O) groups excluding carboxylic acids is 1. The average Bonchev–Trinajstić information content (AvgIpc) is 3.15. The fourth-order valence-corrected chi connectivity index (χ4v) is 6.14. The monoisotopic (exact) mass is 504 g/mol. The summed E-state index contributed by atoms with van der Waals surface area (Å²) in [5.41, 5.74) is 2.76. The molecule has 0 spiro atoms. The molecule has 0 saturated heterocycles. The van der Waals surface area contributed by atoms with Crippen LogP contribution in [0, 0.1) is 0 Å².